The summed E-state index contributed by atoms with van der Waals surface area (Å²) >= 11 is 1.59. The van der Waals surface area contributed by atoms with Gasteiger partial charge in [0.25, 0.3) is 0 Å². The summed E-state index contributed by atoms with van der Waals surface area (Å²) in [4.78, 5) is 1.73. The summed E-state index contributed by atoms with van der Waals surface area (Å²) in [5.41, 5.74) is 0. The van der Waals surface area contributed by atoms with E-state index in [-0.39, 0.29) is 0 Å². The average molecular weight is 242 g/mol. The van der Waals surface area contributed by atoms with Crippen molar-refractivity contribution in [1.29, 1.82) is 0 Å². The lowest BCUT2D eigenvalue weighted by molar-refractivity contribution is 0.403. The van der Waals surface area contributed by atoms with Crippen LogP contribution in [0.15, 0.2) is 34.6 Å². The number of methoxy groups -OCH3 is 1. The van der Waals surface area contributed by atoms with E-state index in [2.05, 4.69) is 11.6 Å². The third-order valence-electron chi connectivity index (χ3n) is 2.08. The molecule has 0 aliphatic rings. The van der Waals surface area contributed by atoms with Crippen molar-refractivity contribution in [3.05, 3.63) is 24.8 Å². The van der Waals surface area contributed by atoms with Gasteiger partial charge in [-0.1, -0.05) is 5.02 Å². The van der Waals surface area contributed by atoms with E-state index < -0.39 is 9.52 Å². The van der Waals surface area contributed by atoms with Crippen LogP contribution in [-0.4, -0.2) is 28.9 Å². The van der Waals surface area contributed by atoms with E-state index in [4.69, 9.17) is 4.74 Å². The van der Waals surface area contributed by atoms with Crippen molar-refractivity contribution in [2.45, 2.75) is 9.79 Å². The van der Waals surface area contributed by atoms with Gasteiger partial charge in [-0.3, -0.25) is 4.21 Å². The maximum absolute atomic E-state index is 12.0. The third kappa shape index (κ3) is 2.59. The Morgan fingerprint density at radius 2 is 2.20 bits per heavy atom. The van der Waals surface area contributed by atoms with Crippen LogP contribution in [0, 0.1) is 0 Å². The standard InChI is InChI=1S/C11H14O2S2/c1-5-15(4,12)9-6-7-11(14-3)10(8-9)13-2/h6-8H,1H2,2-4H3. The van der Waals surface area contributed by atoms with Gasteiger partial charge in [0.2, 0.25) is 0 Å². The van der Waals surface area contributed by atoms with Gasteiger partial charge in [0, 0.05) is 25.6 Å². The van der Waals surface area contributed by atoms with Crippen molar-refractivity contribution in [2.24, 2.45) is 0 Å². The topological polar surface area (TPSA) is 26.3 Å². The quantitative estimate of drug-likeness (QED) is 0.601. The summed E-state index contributed by atoms with van der Waals surface area (Å²) in [5.74, 6) is 0.741. The van der Waals surface area contributed by atoms with Crippen molar-refractivity contribution >= 4 is 26.3 Å². The molecule has 0 saturated heterocycles. The van der Waals surface area contributed by atoms with Crippen molar-refractivity contribution in [1.82, 2.24) is 0 Å². The zero-order valence-corrected chi connectivity index (χ0v) is 10.7. The van der Waals surface area contributed by atoms with E-state index in [9.17, 15) is 4.21 Å². The molecule has 1 atom stereocenters. The number of rotatable bonds is 3. The molecule has 0 N–H and O–H groups in total. The number of hydrogen-bond acceptors (Lipinski definition) is 3. The van der Waals surface area contributed by atoms with Gasteiger partial charge < -0.3 is 4.74 Å². The van der Waals surface area contributed by atoms with Crippen LogP contribution >= 0.6 is 11.8 Å². The molecule has 4 heteroatoms. The maximum Gasteiger partial charge on any atom is 0.133 e. The van der Waals surface area contributed by atoms with E-state index in [0.29, 0.717) is 4.90 Å². The highest BCUT2D eigenvalue weighted by Gasteiger charge is 2.08. The second kappa shape index (κ2) is 4.79. The molecule has 1 unspecified atom stereocenters. The second-order valence-corrected chi connectivity index (χ2v) is 6.30. The molecule has 82 valence electrons. The summed E-state index contributed by atoms with van der Waals surface area (Å²) < 4.78 is 17.2. The predicted octanol–water partition coefficient (Wildman–Crippen LogP) is 2.28. The minimum Gasteiger partial charge on any atom is -0.496 e. The third-order valence-corrected chi connectivity index (χ3v) is 4.56. The molecule has 0 spiro atoms. The van der Waals surface area contributed by atoms with Gasteiger partial charge in [0.1, 0.15) is 5.75 Å². The molecule has 0 aliphatic carbocycles. The molecule has 0 saturated carbocycles. The van der Waals surface area contributed by atoms with Gasteiger partial charge >= 0.3 is 0 Å². The molecular formula is C11H14O2S2. The molecule has 15 heavy (non-hydrogen) atoms. The second-order valence-electron chi connectivity index (χ2n) is 3.00. The Balaban J connectivity index is 3.39. The van der Waals surface area contributed by atoms with E-state index in [0.717, 1.165) is 10.6 Å². The fraction of sp³-hybridized carbons (Fsp3) is 0.273. The Morgan fingerprint density at radius 1 is 1.53 bits per heavy atom. The molecule has 0 fully saturated rings. The lowest BCUT2D eigenvalue weighted by Crippen LogP contribution is -1.99. The van der Waals surface area contributed by atoms with E-state index in [1.807, 2.05) is 18.4 Å². The van der Waals surface area contributed by atoms with Gasteiger partial charge in [-0.05, 0) is 31.0 Å². The number of benzene rings is 1. The van der Waals surface area contributed by atoms with Gasteiger partial charge in [0.15, 0.2) is 0 Å². The van der Waals surface area contributed by atoms with E-state index in [1.54, 1.807) is 31.2 Å². The minimum absolute atomic E-state index is 0.701. The first kappa shape index (κ1) is 12.2. The Kier molecular flexibility index (Phi) is 3.91. The molecule has 0 amide bonds. The normalized spacial score (nSPS) is 14.1. The van der Waals surface area contributed by atoms with Crippen LogP contribution in [0.2, 0.25) is 0 Å². The predicted molar refractivity (Wildman–Crippen MR) is 67.7 cm³/mol. The summed E-state index contributed by atoms with van der Waals surface area (Å²) in [7, 11) is -0.651. The highest BCUT2D eigenvalue weighted by atomic mass is 32.2. The highest BCUT2D eigenvalue weighted by Crippen LogP contribution is 2.29. The molecule has 1 aromatic carbocycles. The Morgan fingerprint density at radius 3 is 2.67 bits per heavy atom. The Bertz CT molecular complexity index is 493. The summed E-state index contributed by atoms with van der Waals surface area (Å²) in [6.07, 6.45) is 3.59. The van der Waals surface area contributed by atoms with E-state index >= 15 is 0 Å². The van der Waals surface area contributed by atoms with Gasteiger partial charge in [-0.2, -0.15) is 0 Å². The molecule has 1 aromatic rings. The van der Waals surface area contributed by atoms with Crippen molar-refractivity contribution in [3.63, 3.8) is 0 Å². The van der Waals surface area contributed by atoms with Crippen LogP contribution in [0.1, 0.15) is 0 Å². The van der Waals surface area contributed by atoms with Gasteiger partial charge in [-0.15, -0.1) is 11.8 Å². The van der Waals surface area contributed by atoms with Crippen LogP contribution in [-0.2, 0) is 9.52 Å². The smallest absolute Gasteiger partial charge is 0.133 e. The van der Waals surface area contributed by atoms with Crippen molar-refractivity contribution in [3.8, 4) is 5.75 Å². The first-order valence-electron chi connectivity index (χ1n) is 4.30. The lowest BCUT2D eigenvalue weighted by atomic mass is 10.3. The van der Waals surface area contributed by atoms with Crippen LogP contribution in [0.4, 0.5) is 0 Å². The zero-order chi connectivity index (χ0) is 11.5. The number of ether oxygens (including phenoxy) is 1. The summed E-state index contributed by atoms with van der Waals surface area (Å²) in [6.45, 7) is 3.46. The summed E-state index contributed by atoms with van der Waals surface area (Å²) in [6, 6.07) is 5.51. The molecule has 0 aromatic heterocycles. The molecule has 0 heterocycles. The first-order chi connectivity index (χ1) is 7.05. The SMILES string of the molecule is C=C=S(C)(=O)c1ccc(SC)c(OC)c1. The minimum atomic E-state index is -2.26. The van der Waals surface area contributed by atoms with Crippen LogP contribution in [0.5, 0.6) is 5.75 Å². The first-order valence-corrected chi connectivity index (χ1v) is 7.49. The maximum atomic E-state index is 12.0. The van der Waals surface area contributed by atoms with Crippen LogP contribution in [0.3, 0.4) is 0 Å². The van der Waals surface area contributed by atoms with Crippen LogP contribution < -0.4 is 4.74 Å². The van der Waals surface area contributed by atoms with Gasteiger partial charge in [0.05, 0.1) is 7.11 Å². The van der Waals surface area contributed by atoms with Crippen LogP contribution in [0.25, 0.3) is 0 Å². The van der Waals surface area contributed by atoms with E-state index in [1.165, 1.54) is 0 Å². The zero-order valence-electron chi connectivity index (χ0n) is 9.07. The molecule has 0 bridgehead atoms. The highest BCUT2D eigenvalue weighted by molar-refractivity contribution is 8.00. The van der Waals surface area contributed by atoms with Gasteiger partial charge in [-0.25, -0.2) is 0 Å². The Hall–Kier alpha value is -0.830. The largest absolute Gasteiger partial charge is 0.496 e. The monoisotopic (exact) mass is 242 g/mol. The molecule has 0 radical (unpaired) electrons. The molecular weight excluding hydrogens is 228 g/mol. The average Bonchev–Trinajstić information content (AvgIpc) is 2.28. The van der Waals surface area contributed by atoms with Crippen molar-refractivity contribution in [2.75, 3.05) is 19.6 Å². The Labute approximate surface area is 95.3 Å². The summed E-state index contributed by atoms with van der Waals surface area (Å²) in [5, 5.41) is 2.56. The fourth-order valence-corrected chi connectivity index (χ4v) is 2.52. The number of hydrogen-bond donors (Lipinski definition) is 0. The van der Waals surface area contributed by atoms with Crippen molar-refractivity contribution < 1.29 is 8.95 Å². The molecule has 2 nitrogen and oxygen atoms in total. The number of thioether (sulfide) groups is 1. The molecule has 0 aliphatic heterocycles. The fourth-order valence-electron chi connectivity index (χ4n) is 1.14. The lowest BCUT2D eigenvalue weighted by Gasteiger charge is -2.09. The molecule has 1 rings (SSSR count).